The second-order valence-corrected chi connectivity index (χ2v) is 11.9. The van der Waals surface area contributed by atoms with Gasteiger partial charge in [0.1, 0.15) is 0 Å². The summed E-state index contributed by atoms with van der Waals surface area (Å²) in [5.41, 5.74) is 0.827. The molecule has 0 heteroatoms. The molecular weight excluding hydrogens is 324 g/mol. The van der Waals surface area contributed by atoms with Crippen molar-refractivity contribution < 1.29 is 0 Å². The average Bonchev–Trinajstić information content (AvgIpc) is 2.52. The van der Waals surface area contributed by atoms with E-state index >= 15 is 0 Å². The maximum absolute atomic E-state index is 2.62. The maximum Gasteiger partial charge on any atom is -0.0172 e. The van der Waals surface area contributed by atoms with Crippen LogP contribution in [0.5, 0.6) is 0 Å². The Bertz CT molecular complexity index is 402. The van der Waals surface area contributed by atoms with Gasteiger partial charge in [0.25, 0.3) is 0 Å². The molecule has 0 fully saturated rings. The van der Waals surface area contributed by atoms with Gasteiger partial charge in [-0.2, -0.15) is 0 Å². The third-order valence-corrected chi connectivity index (χ3v) is 9.76. The quantitative estimate of drug-likeness (QED) is 0.335. The van der Waals surface area contributed by atoms with E-state index in [-0.39, 0.29) is 10.8 Å². The zero-order chi connectivity index (χ0) is 22.0. The Morgan fingerprint density at radius 2 is 0.889 bits per heavy atom. The van der Waals surface area contributed by atoms with Gasteiger partial charge in [-0.25, -0.2) is 0 Å². The molecule has 0 rings (SSSR count). The first kappa shape index (κ1) is 27.0. The molecule has 0 amide bonds. The minimum absolute atomic E-state index is 0.242. The lowest BCUT2D eigenvalue weighted by Gasteiger charge is -2.65. The molecule has 0 saturated heterocycles. The van der Waals surface area contributed by atoms with E-state index in [9.17, 15) is 0 Å². The average molecular weight is 381 g/mol. The summed E-state index contributed by atoms with van der Waals surface area (Å²) in [4.78, 5) is 0. The summed E-state index contributed by atoms with van der Waals surface area (Å²) >= 11 is 0. The minimum atomic E-state index is 0.242. The van der Waals surface area contributed by atoms with Gasteiger partial charge in [-0.15, -0.1) is 0 Å². The topological polar surface area (TPSA) is 0 Å². The van der Waals surface area contributed by atoms with E-state index < -0.39 is 0 Å². The van der Waals surface area contributed by atoms with Crippen LogP contribution in [0.1, 0.15) is 117 Å². The van der Waals surface area contributed by atoms with Crippen molar-refractivity contribution in [1.29, 1.82) is 0 Å². The van der Waals surface area contributed by atoms with Crippen LogP contribution in [-0.2, 0) is 0 Å². The van der Waals surface area contributed by atoms with Crippen molar-refractivity contribution in [3.8, 4) is 0 Å². The first-order valence-electron chi connectivity index (χ1n) is 12.1. The summed E-state index contributed by atoms with van der Waals surface area (Å²) < 4.78 is 0. The van der Waals surface area contributed by atoms with Gasteiger partial charge >= 0.3 is 0 Å². The number of hydrogen-bond donors (Lipinski definition) is 0. The minimum Gasteiger partial charge on any atom is -0.0651 e. The zero-order valence-electron chi connectivity index (χ0n) is 22.0. The van der Waals surface area contributed by atoms with Crippen molar-refractivity contribution in [3.05, 3.63) is 0 Å². The Kier molecular flexibility index (Phi) is 9.67. The third-order valence-electron chi connectivity index (χ3n) is 9.76. The summed E-state index contributed by atoms with van der Waals surface area (Å²) in [6, 6.07) is 0. The van der Waals surface area contributed by atoms with Crippen LogP contribution in [-0.4, -0.2) is 0 Å². The lowest BCUT2D eigenvalue weighted by atomic mass is 9.39. The lowest BCUT2D eigenvalue weighted by molar-refractivity contribution is -0.172. The molecule has 0 nitrogen and oxygen atoms in total. The molecule has 0 bridgehead atoms. The standard InChI is InChI=1S/C27H56/c1-16-21(9)23(11)24(22(10)17-2)25(12,13)26(14,15)27(18(3)4,19(5)6)20(7)8/h18-24H,16-17H2,1-15H3. The molecule has 4 unspecified atom stereocenters. The maximum atomic E-state index is 2.62. The molecule has 0 spiro atoms. The molecule has 0 aromatic rings. The van der Waals surface area contributed by atoms with Crippen molar-refractivity contribution in [2.24, 2.45) is 57.7 Å². The van der Waals surface area contributed by atoms with E-state index in [0.29, 0.717) is 23.2 Å². The summed E-state index contributed by atoms with van der Waals surface area (Å²) in [6.45, 7) is 37.6. The predicted molar refractivity (Wildman–Crippen MR) is 126 cm³/mol. The molecule has 0 saturated carbocycles. The largest absolute Gasteiger partial charge is 0.0651 e. The molecule has 164 valence electrons. The lowest BCUT2D eigenvalue weighted by Crippen LogP contribution is -2.59. The van der Waals surface area contributed by atoms with Gasteiger partial charge in [0.15, 0.2) is 0 Å². The van der Waals surface area contributed by atoms with E-state index in [2.05, 4.69) is 104 Å². The first-order chi connectivity index (χ1) is 12.1. The van der Waals surface area contributed by atoms with Gasteiger partial charge in [-0.3, -0.25) is 0 Å². The van der Waals surface area contributed by atoms with Crippen molar-refractivity contribution in [2.45, 2.75) is 117 Å². The van der Waals surface area contributed by atoms with E-state index in [1.165, 1.54) is 12.8 Å². The monoisotopic (exact) mass is 380 g/mol. The summed E-state index contributed by atoms with van der Waals surface area (Å²) in [6.07, 6.45) is 2.57. The van der Waals surface area contributed by atoms with E-state index in [1.807, 2.05) is 0 Å². The number of hydrogen-bond acceptors (Lipinski definition) is 0. The smallest absolute Gasteiger partial charge is 0.0172 e. The fourth-order valence-corrected chi connectivity index (χ4v) is 8.01. The van der Waals surface area contributed by atoms with Gasteiger partial charge in [-0.05, 0) is 57.7 Å². The van der Waals surface area contributed by atoms with Crippen LogP contribution < -0.4 is 0 Å². The van der Waals surface area contributed by atoms with Gasteiger partial charge in [0, 0.05) is 0 Å². The van der Waals surface area contributed by atoms with Crippen molar-refractivity contribution in [2.75, 3.05) is 0 Å². The molecule has 0 aliphatic rings. The highest BCUT2D eigenvalue weighted by Gasteiger charge is 2.60. The fourth-order valence-electron chi connectivity index (χ4n) is 8.01. The van der Waals surface area contributed by atoms with Crippen LogP contribution >= 0.6 is 0 Å². The Morgan fingerprint density at radius 1 is 0.556 bits per heavy atom. The second kappa shape index (κ2) is 9.67. The fraction of sp³-hybridized carbons (Fsp3) is 1.00. The Balaban J connectivity index is 6.66. The predicted octanol–water partition coefficient (Wildman–Crippen LogP) is 9.34. The summed E-state index contributed by atoms with van der Waals surface area (Å²) in [5, 5.41) is 0. The van der Waals surface area contributed by atoms with Gasteiger partial charge < -0.3 is 0 Å². The SMILES string of the molecule is CCC(C)C(C)C(C(C)CC)C(C)(C)C(C)(C)C(C(C)C)(C(C)C)C(C)C. The Morgan fingerprint density at radius 3 is 1.15 bits per heavy atom. The number of rotatable bonds is 11. The van der Waals surface area contributed by atoms with Crippen LogP contribution in [0.15, 0.2) is 0 Å². The van der Waals surface area contributed by atoms with Crippen molar-refractivity contribution in [1.82, 2.24) is 0 Å². The van der Waals surface area contributed by atoms with Crippen LogP contribution in [0.3, 0.4) is 0 Å². The molecule has 4 atom stereocenters. The van der Waals surface area contributed by atoms with Gasteiger partial charge in [0.2, 0.25) is 0 Å². The normalized spacial score (nSPS) is 18.9. The highest BCUT2D eigenvalue weighted by atomic mass is 14.6. The molecule has 0 aliphatic carbocycles. The molecule has 0 radical (unpaired) electrons. The Labute approximate surface area is 174 Å². The van der Waals surface area contributed by atoms with Gasteiger partial charge in [0.05, 0.1) is 0 Å². The highest BCUT2D eigenvalue weighted by Crippen LogP contribution is 2.66. The van der Waals surface area contributed by atoms with Crippen LogP contribution in [0.2, 0.25) is 0 Å². The molecule has 27 heavy (non-hydrogen) atoms. The molecular formula is C27H56. The van der Waals surface area contributed by atoms with E-state index in [0.717, 1.165) is 23.7 Å². The van der Waals surface area contributed by atoms with Crippen molar-refractivity contribution in [3.63, 3.8) is 0 Å². The molecule has 0 N–H and O–H groups in total. The third kappa shape index (κ3) is 4.45. The van der Waals surface area contributed by atoms with Crippen molar-refractivity contribution >= 4 is 0 Å². The van der Waals surface area contributed by atoms with Gasteiger partial charge in [-0.1, -0.05) is 117 Å². The van der Waals surface area contributed by atoms with Crippen LogP contribution in [0.25, 0.3) is 0 Å². The molecule has 0 heterocycles. The Hall–Kier alpha value is 0. The van der Waals surface area contributed by atoms with Crippen LogP contribution in [0, 0.1) is 57.7 Å². The zero-order valence-corrected chi connectivity index (χ0v) is 22.0. The highest BCUT2D eigenvalue weighted by molar-refractivity contribution is 5.08. The molecule has 0 aliphatic heterocycles. The second-order valence-electron chi connectivity index (χ2n) is 11.9. The summed E-state index contributed by atoms with van der Waals surface area (Å²) in [7, 11) is 0. The van der Waals surface area contributed by atoms with Crippen LogP contribution in [0.4, 0.5) is 0 Å². The molecule has 0 aromatic heterocycles. The molecule has 0 aromatic carbocycles. The van der Waals surface area contributed by atoms with E-state index in [1.54, 1.807) is 0 Å². The summed E-state index contributed by atoms with van der Waals surface area (Å²) in [5.74, 6) is 5.04. The van der Waals surface area contributed by atoms with E-state index in [4.69, 9.17) is 0 Å². The first-order valence-corrected chi connectivity index (χ1v) is 12.1.